The van der Waals surface area contributed by atoms with Crippen LogP contribution in [0.5, 0.6) is 5.75 Å². The zero-order valence-corrected chi connectivity index (χ0v) is 9.88. The van der Waals surface area contributed by atoms with Crippen LogP contribution in [0.4, 0.5) is 0 Å². The van der Waals surface area contributed by atoms with Crippen LogP contribution in [-0.2, 0) is 0 Å². The first-order chi connectivity index (χ1) is 7.43. The Bertz CT molecular complexity index is 236. The Morgan fingerprint density at radius 3 is 2.27 bits per heavy atom. The highest BCUT2D eigenvalue weighted by molar-refractivity contribution is 6.17. The number of benzene rings is 1. The third kappa shape index (κ3) is 6.40. The minimum atomic E-state index is 0.792. The lowest BCUT2D eigenvalue weighted by Crippen LogP contribution is -1.96. The average Bonchev–Trinajstić information content (AvgIpc) is 2.29. The molecule has 0 N–H and O–H groups in total. The molecule has 0 amide bonds. The summed E-state index contributed by atoms with van der Waals surface area (Å²) in [6, 6.07) is 9.98. The summed E-state index contributed by atoms with van der Waals surface area (Å²) < 4.78 is 5.59. The molecule has 0 aliphatic rings. The quantitative estimate of drug-likeness (QED) is 0.476. The number of para-hydroxylation sites is 1. The Hall–Kier alpha value is -0.690. The molecule has 1 nitrogen and oxygen atoms in total. The molecule has 0 fully saturated rings. The molecule has 0 aromatic heterocycles. The summed E-state index contributed by atoms with van der Waals surface area (Å²) in [4.78, 5) is 0. The molecule has 0 aliphatic heterocycles. The molecule has 0 spiro atoms. The van der Waals surface area contributed by atoms with Crippen LogP contribution < -0.4 is 4.74 Å². The topological polar surface area (TPSA) is 9.23 Å². The molecule has 0 heterocycles. The number of hydrogen-bond donors (Lipinski definition) is 0. The third-order valence-electron chi connectivity index (χ3n) is 2.29. The Kier molecular flexibility index (Phi) is 7.10. The molecular weight excluding hydrogens is 208 g/mol. The van der Waals surface area contributed by atoms with Gasteiger partial charge in [-0.1, -0.05) is 37.5 Å². The van der Waals surface area contributed by atoms with Crippen LogP contribution >= 0.6 is 11.6 Å². The Balaban J connectivity index is 1.93. The molecule has 0 bridgehead atoms. The van der Waals surface area contributed by atoms with Crippen molar-refractivity contribution >= 4 is 11.6 Å². The number of hydrogen-bond acceptors (Lipinski definition) is 1. The van der Waals surface area contributed by atoms with Crippen LogP contribution in [0.3, 0.4) is 0 Å². The maximum absolute atomic E-state index is 5.60. The normalized spacial score (nSPS) is 10.2. The summed E-state index contributed by atoms with van der Waals surface area (Å²) in [6.45, 7) is 0.824. The van der Waals surface area contributed by atoms with Gasteiger partial charge in [-0.25, -0.2) is 0 Å². The predicted octanol–water partition coefficient (Wildman–Crippen LogP) is 4.25. The van der Waals surface area contributed by atoms with Crippen molar-refractivity contribution in [2.45, 2.75) is 32.1 Å². The van der Waals surface area contributed by atoms with Gasteiger partial charge in [0.05, 0.1) is 6.61 Å². The summed E-state index contributed by atoms with van der Waals surface area (Å²) in [6.07, 6.45) is 6.03. The monoisotopic (exact) mass is 226 g/mol. The Morgan fingerprint density at radius 1 is 0.867 bits per heavy atom. The molecular formula is C13H19ClO. The number of halogens is 1. The van der Waals surface area contributed by atoms with E-state index in [-0.39, 0.29) is 0 Å². The molecule has 0 aliphatic carbocycles. The molecule has 84 valence electrons. The van der Waals surface area contributed by atoms with E-state index in [1.165, 1.54) is 19.3 Å². The van der Waals surface area contributed by atoms with Crippen LogP contribution in [0.25, 0.3) is 0 Å². The van der Waals surface area contributed by atoms with E-state index in [4.69, 9.17) is 16.3 Å². The molecule has 1 aromatic carbocycles. The molecule has 0 unspecified atom stereocenters. The zero-order valence-electron chi connectivity index (χ0n) is 9.12. The van der Waals surface area contributed by atoms with Crippen molar-refractivity contribution in [2.24, 2.45) is 0 Å². The summed E-state index contributed by atoms with van der Waals surface area (Å²) in [5, 5.41) is 0. The molecule has 15 heavy (non-hydrogen) atoms. The second-order valence-electron chi connectivity index (χ2n) is 3.62. The fourth-order valence-electron chi connectivity index (χ4n) is 1.43. The van der Waals surface area contributed by atoms with Crippen LogP contribution in [-0.4, -0.2) is 12.5 Å². The van der Waals surface area contributed by atoms with Gasteiger partial charge in [-0.3, -0.25) is 0 Å². The maximum Gasteiger partial charge on any atom is 0.119 e. The lowest BCUT2D eigenvalue weighted by atomic mass is 10.2. The smallest absolute Gasteiger partial charge is 0.119 e. The highest BCUT2D eigenvalue weighted by atomic mass is 35.5. The molecule has 0 saturated heterocycles. The van der Waals surface area contributed by atoms with E-state index in [2.05, 4.69) is 0 Å². The second kappa shape index (κ2) is 8.60. The van der Waals surface area contributed by atoms with E-state index in [0.29, 0.717) is 0 Å². The fraction of sp³-hybridized carbons (Fsp3) is 0.538. The van der Waals surface area contributed by atoms with E-state index < -0.39 is 0 Å². The van der Waals surface area contributed by atoms with Crippen molar-refractivity contribution in [3.63, 3.8) is 0 Å². The van der Waals surface area contributed by atoms with Crippen LogP contribution in [0, 0.1) is 0 Å². The summed E-state index contributed by atoms with van der Waals surface area (Å²) in [5.74, 6) is 1.76. The summed E-state index contributed by atoms with van der Waals surface area (Å²) >= 11 is 5.60. The zero-order chi connectivity index (χ0) is 10.8. The number of unbranched alkanes of at least 4 members (excludes halogenated alkanes) is 4. The minimum Gasteiger partial charge on any atom is -0.494 e. The van der Waals surface area contributed by atoms with E-state index in [0.717, 1.165) is 31.1 Å². The molecule has 0 atom stereocenters. The molecule has 0 radical (unpaired) electrons. The predicted molar refractivity (Wildman–Crippen MR) is 65.7 cm³/mol. The highest BCUT2D eigenvalue weighted by Crippen LogP contribution is 2.10. The average molecular weight is 227 g/mol. The van der Waals surface area contributed by atoms with Crippen molar-refractivity contribution in [3.8, 4) is 5.75 Å². The van der Waals surface area contributed by atoms with Gasteiger partial charge in [-0.15, -0.1) is 11.6 Å². The Labute approximate surface area is 97.4 Å². The Morgan fingerprint density at radius 2 is 1.53 bits per heavy atom. The van der Waals surface area contributed by atoms with Crippen LogP contribution in [0.15, 0.2) is 30.3 Å². The van der Waals surface area contributed by atoms with Gasteiger partial charge in [0.2, 0.25) is 0 Å². The van der Waals surface area contributed by atoms with E-state index in [9.17, 15) is 0 Å². The van der Waals surface area contributed by atoms with Gasteiger partial charge in [0.25, 0.3) is 0 Å². The van der Waals surface area contributed by atoms with Crippen LogP contribution in [0.2, 0.25) is 0 Å². The SMILES string of the molecule is ClCCCCCCCOc1ccccc1. The molecule has 0 saturated carbocycles. The fourth-order valence-corrected chi connectivity index (χ4v) is 1.62. The number of ether oxygens (including phenoxy) is 1. The number of rotatable bonds is 8. The second-order valence-corrected chi connectivity index (χ2v) is 4.00. The van der Waals surface area contributed by atoms with Crippen molar-refractivity contribution in [1.29, 1.82) is 0 Å². The largest absolute Gasteiger partial charge is 0.494 e. The molecule has 2 heteroatoms. The van der Waals surface area contributed by atoms with Gasteiger partial charge in [0.1, 0.15) is 5.75 Å². The van der Waals surface area contributed by atoms with E-state index in [1.54, 1.807) is 0 Å². The highest BCUT2D eigenvalue weighted by Gasteiger charge is 1.92. The summed E-state index contributed by atoms with van der Waals surface area (Å²) in [7, 11) is 0. The van der Waals surface area contributed by atoms with Gasteiger partial charge < -0.3 is 4.74 Å². The number of alkyl halides is 1. The first kappa shape index (κ1) is 12.4. The van der Waals surface area contributed by atoms with Gasteiger partial charge in [0, 0.05) is 5.88 Å². The lowest BCUT2D eigenvalue weighted by molar-refractivity contribution is 0.304. The van der Waals surface area contributed by atoms with Gasteiger partial charge >= 0.3 is 0 Å². The van der Waals surface area contributed by atoms with E-state index >= 15 is 0 Å². The van der Waals surface area contributed by atoms with Crippen molar-refractivity contribution in [1.82, 2.24) is 0 Å². The third-order valence-corrected chi connectivity index (χ3v) is 2.56. The minimum absolute atomic E-state index is 0.792. The summed E-state index contributed by atoms with van der Waals surface area (Å²) in [5.41, 5.74) is 0. The first-order valence-electron chi connectivity index (χ1n) is 5.67. The van der Waals surface area contributed by atoms with Gasteiger partial charge in [-0.05, 0) is 25.0 Å². The lowest BCUT2D eigenvalue weighted by Gasteiger charge is -2.05. The first-order valence-corrected chi connectivity index (χ1v) is 6.21. The van der Waals surface area contributed by atoms with E-state index in [1.807, 2.05) is 30.3 Å². The van der Waals surface area contributed by atoms with Crippen molar-refractivity contribution < 1.29 is 4.74 Å². The van der Waals surface area contributed by atoms with Gasteiger partial charge in [0.15, 0.2) is 0 Å². The standard InChI is InChI=1S/C13H19ClO/c14-11-7-2-1-3-8-12-15-13-9-5-4-6-10-13/h4-6,9-10H,1-3,7-8,11-12H2. The van der Waals surface area contributed by atoms with Crippen LogP contribution in [0.1, 0.15) is 32.1 Å². The maximum atomic E-state index is 5.60. The molecule has 1 rings (SSSR count). The van der Waals surface area contributed by atoms with Crippen molar-refractivity contribution in [3.05, 3.63) is 30.3 Å². The van der Waals surface area contributed by atoms with Crippen molar-refractivity contribution in [2.75, 3.05) is 12.5 Å². The molecule has 1 aromatic rings. The van der Waals surface area contributed by atoms with Gasteiger partial charge in [-0.2, -0.15) is 0 Å².